The Morgan fingerprint density at radius 2 is 1.06 bits per heavy atom. The van der Waals surface area contributed by atoms with E-state index in [0.29, 0.717) is 36.8 Å². The molecule has 2 aromatic rings. The molecule has 2 rings (SSSR count). The predicted octanol–water partition coefficient (Wildman–Crippen LogP) is 2.45. The number of hydrogen-bond acceptors (Lipinski definition) is 8. The van der Waals surface area contributed by atoms with Gasteiger partial charge >= 0.3 is 0 Å². The van der Waals surface area contributed by atoms with Crippen LogP contribution in [0.5, 0.6) is 23.0 Å². The third kappa shape index (κ3) is 8.74. The van der Waals surface area contributed by atoms with E-state index in [4.69, 9.17) is 0 Å². The van der Waals surface area contributed by atoms with Gasteiger partial charge in [-0.05, 0) is 60.4 Å². The number of hydrogen-bond donors (Lipinski definition) is 6. The quantitative estimate of drug-likeness (QED) is 0.135. The fraction of sp³-hybridized carbons (Fsp3) is 0.273. The Morgan fingerprint density at radius 1 is 0.656 bits per heavy atom. The van der Waals surface area contributed by atoms with Crippen LogP contribution in [0.2, 0.25) is 0 Å². The molecular formula is C22H26N4O6. The van der Waals surface area contributed by atoms with Crippen LogP contribution in [0.1, 0.15) is 49.7 Å². The normalized spacial score (nSPS) is 11.1. The standard InChI is InChI=1S/C22H26N4O6/c27-17-9-7-15(11-19(17)29)13-23-25-21(31)5-3-1-2-4-6-22(32)26-24-14-16-8-10-18(28)20(30)12-16/h7-14,27-30H,1-6H2,(H,25,31)(H,26,32). The Labute approximate surface area is 184 Å². The van der Waals surface area contributed by atoms with Gasteiger partial charge in [0.1, 0.15) is 0 Å². The average Bonchev–Trinajstić information content (AvgIpc) is 2.75. The molecule has 2 amide bonds. The summed E-state index contributed by atoms with van der Waals surface area (Å²) in [6, 6.07) is 8.39. The number of carbonyl (C=O) groups excluding carboxylic acids is 2. The highest BCUT2D eigenvalue weighted by atomic mass is 16.3. The number of carbonyl (C=O) groups is 2. The van der Waals surface area contributed by atoms with Crippen molar-refractivity contribution in [1.29, 1.82) is 0 Å². The van der Waals surface area contributed by atoms with Crippen molar-refractivity contribution in [2.24, 2.45) is 10.2 Å². The predicted molar refractivity (Wildman–Crippen MR) is 119 cm³/mol. The van der Waals surface area contributed by atoms with Crippen molar-refractivity contribution >= 4 is 24.2 Å². The zero-order chi connectivity index (χ0) is 23.3. The third-order valence-electron chi connectivity index (χ3n) is 4.36. The van der Waals surface area contributed by atoms with E-state index in [-0.39, 0.29) is 34.8 Å². The number of nitrogens with zero attached hydrogens (tertiary/aromatic N) is 2. The summed E-state index contributed by atoms with van der Waals surface area (Å²) in [5, 5.41) is 44.9. The molecule has 0 aliphatic heterocycles. The fourth-order valence-corrected chi connectivity index (χ4v) is 2.64. The van der Waals surface area contributed by atoms with Crippen LogP contribution in [0, 0.1) is 0 Å². The summed E-state index contributed by atoms with van der Waals surface area (Å²) in [5.74, 6) is -1.47. The summed E-state index contributed by atoms with van der Waals surface area (Å²) in [5.41, 5.74) is 5.85. The maximum Gasteiger partial charge on any atom is 0.240 e. The molecule has 0 aliphatic carbocycles. The summed E-state index contributed by atoms with van der Waals surface area (Å²) >= 11 is 0. The molecule has 32 heavy (non-hydrogen) atoms. The highest BCUT2D eigenvalue weighted by Crippen LogP contribution is 2.24. The van der Waals surface area contributed by atoms with Crippen molar-refractivity contribution in [3.8, 4) is 23.0 Å². The van der Waals surface area contributed by atoms with Gasteiger partial charge < -0.3 is 20.4 Å². The van der Waals surface area contributed by atoms with Crippen molar-refractivity contribution < 1.29 is 30.0 Å². The van der Waals surface area contributed by atoms with E-state index in [1.54, 1.807) is 12.1 Å². The van der Waals surface area contributed by atoms with Gasteiger partial charge in [0, 0.05) is 12.8 Å². The second-order valence-electron chi connectivity index (χ2n) is 7.00. The number of benzene rings is 2. The number of phenolic OH excluding ortho intramolecular Hbond substituents is 4. The van der Waals surface area contributed by atoms with Crippen LogP contribution in [0.25, 0.3) is 0 Å². The van der Waals surface area contributed by atoms with Gasteiger partial charge in [0.25, 0.3) is 0 Å². The number of rotatable bonds is 11. The first-order chi connectivity index (χ1) is 15.3. The first kappa shape index (κ1) is 24.2. The molecule has 0 saturated carbocycles. The summed E-state index contributed by atoms with van der Waals surface area (Å²) in [4.78, 5) is 23.5. The smallest absolute Gasteiger partial charge is 0.240 e. The molecule has 0 aromatic heterocycles. The number of unbranched alkanes of at least 4 members (excludes halogenated alkanes) is 3. The van der Waals surface area contributed by atoms with E-state index in [2.05, 4.69) is 21.1 Å². The molecule has 2 aromatic carbocycles. The zero-order valence-electron chi connectivity index (χ0n) is 17.4. The van der Waals surface area contributed by atoms with Crippen molar-refractivity contribution in [3.63, 3.8) is 0 Å². The minimum Gasteiger partial charge on any atom is -0.504 e. The molecular weight excluding hydrogens is 416 g/mol. The molecule has 10 nitrogen and oxygen atoms in total. The van der Waals surface area contributed by atoms with E-state index in [1.807, 2.05) is 0 Å². The van der Waals surface area contributed by atoms with Gasteiger partial charge in [-0.1, -0.05) is 12.8 Å². The van der Waals surface area contributed by atoms with Gasteiger partial charge in [-0.15, -0.1) is 0 Å². The second-order valence-corrected chi connectivity index (χ2v) is 7.00. The molecule has 0 aliphatic rings. The Balaban J connectivity index is 1.53. The molecule has 0 spiro atoms. The highest BCUT2D eigenvalue weighted by molar-refractivity contribution is 5.84. The van der Waals surface area contributed by atoms with E-state index in [9.17, 15) is 30.0 Å². The van der Waals surface area contributed by atoms with E-state index in [1.165, 1.54) is 36.7 Å². The van der Waals surface area contributed by atoms with Crippen LogP contribution in [-0.4, -0.2) is 44.7 Å². The largest absolute Gasteiger partial charge is 0.504 e. The van der Waals surface area contributed by atoms with Crippen LogP contribution in [0.4, 0.5) is 0 Å². The topological polar surface area (TPSA) is 164 Å². The number of amides is 2. The lowest BCUT2D eigenvalue weighted by atomic mass is 10.1. The maximum atomic E-state index is 11.7. The van der Waals surface area contributed by atoms with Crippen LogP contribution in [0.3, 0.4) is 0 Å². The Morgan fingerprint density at radius 3 is 1.44 bits per heavy atom. The number of nitrogens with one attached hydrogen (secondary N) is 2. The second kappa shape index (κ2) is 12.6. The summed E-state index contributed by atoms with van der Waals surface area (Å²) in [6.45, 7) is 0. The minimum absolute atomic E-state index is 0.230. The molecule has 0 heterocycles. The molecule has 0 saturated heterocycles. The number of phenols is 4. The monoisotopic (exact) mass is 442 g/mol. The average molecular weight is 442 g/mol. The molecule has 6 N–H and O–H groups in total. The zero-order valence-corrected chi connectivity index (χ0v) is 17.4. The van der Waals surface area contributed by atoms with Crippen molar-refractivity contribution in [2.45, 2.75) is 38.5 Å². The summed E-state index contributed by atoms with van der Waals surface area (Å²) in [7, 11) is 0. The summed E-state index contributed by atoms with van der Waals surface area (Å²) in [6.07, 6.45) is 6.21. The highest BCUT2D eigenvalue weighted by Gasteiger charge is 2.03. The lowest BCUT2D eigenvalue weighted by Crippen LogP contribution is -2.17. The first-order valence-corrected chi connectivity index (χ1v) is 10.0. The number of hydrazone groups is 2. The molecule has 0 bridgehead atoms. The van der Waals surface area contributed by atoms with Crippen LogP contribution in [0.15, 0.2) is 46.6 Å². The maximum absolute atomic E-state index is 11.7. The SMILES string of the molecule is O=C(CCCCCCC(=O)NN=Cc1ccc(O)c(O)c1)NN=Cc1ccc(O)c(O)c1. The number of aromatic hydroxyl groups is 4. The van der Waals surface area contributed by atoms with Gasteiger partial charge in [0.2, 0.25) is 11.8 Å². The molecule has 0 radical (unpaired) electrons. The van der Waals surface area contributed by atoms with Crippen molar-refractivity contribution in [1.82, 2.24) is 10.9 Å². The Kier molecular flexibility index (Phi) is 9.51. The molecule has 170 valence electrons. The van der Waals surface area contributed by atoms with Crippen molar-refractivity contribution in [3.05, 3.63) is 47.5 Å². The van der Waals surface area contributed by atoms with Gasteiger partial charge in [0.05, 0.1) is 12.4 Å². The van der Waals surface area contributed by atoms with Crippen LogP contribution in [-0.2, 0) is 9.59 Å². The molecule has 10 heteroatoms. The van der Waals surface area contributed by atoms with Gasteiger partial charge in [-0.3, -0.25) is 9.59 Å². The third-order valence-corrected chi connectivity index (χ3v) is 4.36. The fourth-order valence-electron chi connectivity index (χ4n) is 2.64. The van der Waals surface area contributed by atoms with Crippen LogP contribution < -0.4 is 10.9 Å². The lowest BCUT2D eigenvalue weighted by molar-refractivity contribution is -0.122. The first-order valence-electron chi connectivity index (χ1n) is 10.0. The Hall–Kier alpha value is -4.08. The minimum atomic E-state index is -0.265. The van der Waals surface area contributed by atoms with E-state index in [0.717, 1.165) is 12.8 Å². The molecule has 0 atom stereocenters. The van der Waals surface area contributed by atoms with Gasteiger partial charge in [-0.2, -0.15) is 10.2 Å². The summed E-state index contributed by atoms with van der Waals surface area (Å²) < 4.78 is 0. The van der Waals surface area contributed by atoms with Crippen molar-refractivity contribution in [2.75, 3.05) is 0 Å². The van der Waals surface area contributed by atoms with Crippen LogP contribution >= 0.6 is 0 Å². The Bertz CT molecular complexity index is 911. The van der Waals surface area contributed by atoms with Gasteiger partial charge in [-0.25, -0.2) is 10.9 Å². The molecule has 0 fully saturated rings. The lowest BCUT2D eigenvalue weighted by Gasteiger charge is -2.02. The van der Waals surface area contributed by atoms with E-state index < -0.39 is 0 Å². The van der Waals surface area contributed by atoms with Gasteiger partial charge in [0.15, 0.2) is 23.0 Å². The molecule has 0 unspecified atom stereocenters. The van der Waals surface area contributed by atoms with E-state index >= 15 is 0 Å².